The summed E-state index contributed by atoms with van der Waals surface area (Å²) in [5.74, 6) is 0. The molecule has 0 bridgehead atoms. The van der Waals surface area contributed by atoms with E-state index >= 15 is 0 Å². The number of aryl methyl sites for hydroxylation is 1. The molecule has 2 aromatic heterocycles. The van der Waals surface area contributed by atoms with E-state index in [0.29, 0.717) is 13.2 Å². The molecule has 21 heavy (non-hydrogen) atoms. The minimum atomic E-state index is 0.475. The minimum absolute atomic E-state index is 0.475. The van der Waals surface area contributed by atoms with Gasteiger partial charge in [0.15, 0.2) is 0 Å². The number of ether oxygens (including phenoxy) is 1. The van der Waals surface area contributed by atoms with Crippen LogP contribution >= 0.6 is 11.3 Å². The molecule has 108 valence electrons. The van der Waals surface area contributed by atoms with Crippen molar-refractivity contribution in [2.45, 2.75) is 20.1 Å². The number of thiazole rings is 1. The van der Waals surface area contributed by atoms with Gasteiger partial charge in [0.1, 0.15) is 5.01 Å². The number of nitrogens with two attached hydrogens (primary N) is 1. The third-order valence-electron chi connectivity index (χ3n) is 3.39. The highest BCUT2D eigenvalue weighted by Crippen LogP contribution is 2.30. The number of methoxy groups -OCH3 is 1. The van der Waals surface area contributed by atoms with E-state index < -0.39 is 0 Å². The van der Waals surface area contributed by atoms with Gasteiger partial charge < -0.3 is 10.5 Å². The van der Waals surface area contributed by atoms with Gasteiger partial charge in [-0.2, -0.15) is 0 Å². The predicted octanol–water partition coefficient (Wildman–Crippen LogP) is 3.27. The summed E-state index contributed by atoms with van der Waals surface area (Å²) in [5, 5.41) is 2.07. The molecule has 0 saturated heterocycles. The lowest BCUT2D eigenvalue weighted by Gasteiger charge is -2.04. The summed E-state index contributed by atoms with van der Waals surface area (Å²) in [6, 6.07) is 10.2. The summed E-state index contributed by atoms with van der Waals surface area (Å²) in [5.41, 5.74) is 9.79. The molecule has 0 atom stereocenters. The number of hydrogen-bond acceptors (Lipinski definition) is 5. The monoisotopic (exact) mass is 299 g/mol. The Morgan fingerprint density at radius 2 is 2.05 bits per heavy atom. The molecule has 3 aromatic rings. The SMILES string of the molecule is COCc1nc(-c2cc(C)c3ccccc3n2)sc1CN. The number of nitrogens with zero attached hydrogens (tertiary/aromatic N) is 2. The van der Waals surface area contributed by atoms with Crippen molar-refractivity contribution in [2.75, 3.05) is 7.11 Å². The fourth-order valence-electron chi connectivity index (χ4n) is 2.36. The second kappa shape index (κ2) is 5.89. The van der Waals surface area contributed by atoms with E-state index in [1.807, 2.05) is 18.2 Å². The smallest absolute Gasteiger partial charge is 0.142 e. The van der Waals surface area contributed by atoms with Crippen molar-refractivity contribution in [1.82, 2.24) is 9.97 Å². The zero-order valence-corrected chi connectivity index (χ0v) is 12.9. The molecular weight excluding hydrogens is 282 g/mol. The molecule has 0 unspecified atom stereocenters. The van der Waals surface area contributed by atoms with E-state index in [4.69, 9.17) is 15.5 Å². The third kappa shape index (κ3) is 2.68. The molecule has 0 fully saturated rings. The Hall–Kier alpha value is -1.82. The molecule has 0 aliphatic rings. The highest BCUT2D eigenvalue weighted by Gasteiger charge is 2.13. The standard InChI is InChI=1S/C16H17N3OS/c1-10-7-13(18-12-6-4-3-5-11(10)12)16-19-14(9-20-2)15(8-17)21-16/h3-7H,8-9,17H2,1-2H3. The van der Waals surface area contributed by atoms with Crippen LogP contribution < -0.4 is 5.73 Å². The van der Waals surface area contributed by atoms with Crippen molar-refractivity contribution in [3.63, 3.8) is 0 Å². The van der Waals surface area contributed by atoms with E-state index in [1.165, 1.54) is 10.9 Å². The summed E-state index contributed by atoms with van der Waals surface area (Å²) in [6.07, 6.45) is 0. The first-order valence-electron chi connectivity index (χ1n) is 6.77. The van der Waals surface area contributed by atoms with Crippen LogP contribution in [0.2, 0.25) is 0 Å². The number of aromatic nitrogens is 2. The van der Waals surface area contributed by atoms with E-state index in [-0.39, 0.29) is 0 Å². The van der Waals surface area contributed by atoms with Crippen LogP contribution in [0.4, 0.5) is 0 Å². The first kappa shape index (κ1) is 14.1. The number of hydrogen-bond donors (Lipinski definition) is 1. The molecule has 0 aliphatic carbocycles. The van der Waals surface area contributed by atoms with Crippen LogP contribution in [0.15, 0.2) is 30.3 Å². The van der Waals surface area contributed by atoms with Gasteiger partial charge in [-0.3, -0.25) is 0 Å². The van der Waals surface area contributed by atoms with E-state index in [0.717, 1.165) is 26.8 Å². The Morgan fingerprint density at radius 3 is 2.81 bits per heavy atom. The molecule has 3 rings (SSSR count). The fourth-order valence-corrected chi connectivity index (χ4v) is 3.26. The Labute approximate surface area is 127 Å². The van der Waals surface area contributed by atoms with Gasteiger partial charge >= 0.3 is 0 Å². The Bertz CT molecular complexity index is 782. The normalized spacial score (nSPS) is 11.2. The van der Waals surface area contributed by atoms with Crippen LogP contribution in [0.3, 0.4) is 0 Å². The molecule has 0 radical (unpaired) electrons. The molecule has 4 nitrogen and oxygen atoms in total. The highest BCUT2D eigenvalue weighted by atomic mass is 32.1. The zero-order valence-electron chi connectivity index (χ0n) is 12.1. The summed E-state index contributed by atoms with van der Waals surface area (Å²) in [7, 11) is 1.66. The van der Waals surface area contributed by atoms with Crippen molar-refractivity contribution >= 4 is 22.2 Å². The highest BCUT2D eigenvalue weighted by molar-refractivity contribution is 7.15. The lowest BCUT2D eigenvalue weighted by Crippen LogP contribution is -1.99. The molecule has 0 saturated carbocycles. The van der Waals surface area contributed by atoms with Crippen molar-refractivity contribution in [1.29, 1.82) is 0 Å². The van der Waals surface area contributed by atoms with E-state index in [1.54, 1.807) is 18.4 Å². The van der Waals surface area contributed by atoms with Gasteiger partial charge in [-0.15, -0.1) is 11.3 Å². The molecule has 0 amide bonds. The van der Waals surface area contributed by atoms with Crippen molar-refractivity contribution in [2.24, 2.45) is 5.73 Å². The topological polar surface area (TPSA) is 61.0 Å². The average molecular weight is 299 g/mol. The van der Waals surface area contributed by atoms with Gasteiger partial charge in [0.05, 0.1) is 23.5 Å². The third-order valence-corrected chi connectivity index (χ3v) is 4.53. The molecule has 0 aliphatic heterocycles. The van der Waals surface area contributed by atoms with Crippen molar-refractivity contribution in [3.8, 4) is 10.7 Å². The lowest BCUT2D eigenvalue weighted by atomic mass is 10.1. The number of benzene rings is 1. The fraction of sp³-hybridized carbons (Fsp3) is 0.250. The average Bonchev–Trinajstić information content (AvgIpc) is 2.91. The summed E-state index contributed by atoms with van der Waals surface area (Å²) in [4.78, 5) is 10.4. The largest absolute Gasteiger partial charge is 0.378 e. The molecule has 0 spiro atoms. The van der Waals surface area contributed by atoms with Crippen LogP contribution in [-0.2, 0) is 17.9 Å². The summed E-state index contributed by atoms with van der Waals surface area (Å²) in [6.45, 7) is 3.06. The number of para-hydroxylation sites is 1. The van der Waals surface area contributed by atoms with E-state index in [2.05, 4.69) is 24.0 Å². The first-order valence-corrected chi connectivity index (χ1v) is 7.59. The van der Waals surface area contributed by atoms with Crippen LogP contribution in [0.1, 0.15) is 16.1 Å². The van der Waals surface area contributed by atoms with Crippen LogP contribution in [0, 0.1) is 6.92 Å². The van der Waals surface area contributed by atoms with Crippen molar-refractivity contribution < 1.29 is 4.74 Å². The van der Waals surface area contributed by atoms with Crippen LogP contribution in [0.25, 0.3) is 21.6 Å². The molecule has 5 heteroatoms. The number of fused-ring (bicyclic) bond motifs is 1. The van der Waals surface area contributed by atoms with Gasteiger partial charge in [0.2, 0.25) is 0 Å². The number of rotatable bonds is 4. The molecule has 2 heterocycles. The summed E-state index contributed by atoms with van der Waals surface area (Å²) < 4.78 is 5.18. The van der Waals surface area contributed by atoms with Gasteiger partial charge in [0, 0.05) is 23.9 Å². The maximum Gasteiger partial charge on any atom is 0.142 e. The second-order valence-corrected chi connectivity index (χ2v) is 5.95. The van der Waals surface area contributed by atoms with E-state index in [9.17, 15) is 0 Å². The molecular formula is C16H17N3OS. The maximum absolute atomic E-state index is 5.79. The van der Waals surface area contributed by atoms with Crippen molar-refractivity contribution in [3.05, 3.63) is 46.5 Å². The predicted molar refractivity (Wildman–Crippen MR) is 86.2 cm³/mol. The zero-order chi connectivity index (χ0) is 14.8. The van der Waals surface area contributed by atoms with Gasteiger partial charge in [-0.1, -0.05) is 18.2 Å². The minimum Gasteiger partial charge on any atom is -0.378 e. The van der Waals surface area contributed by atoms with Gasteiger partial charge in [-0.25, -0.2) is 9.97 Å². The molecule has 2 N–H and O–H groups in total. The van der Waals surface area contributed by atoms with Gasteiger partial charge in [0.25, 0.3) is 0 Å². The number of pyridine rings is 1. The lowest BCUT2D eigenvalue weighted by molar-refractivity contribution is 0.181. The maximum atomic E-state index is 5.79. The van der Waals surface area contributed by atoms with Crippen LogP contribution in [-0.4, -0.2) is 17.1 Å². The second-order valence-electron chi connectivity index (χ2n) is 4.87. The Kier molecular flexibility index (Phi) is 3.96. The first-order chi connectivity index (χ1) is 10.2. The quantitative estimate of drug-likeness (QED) is 0.803. The van der Waals surface area contributed by atoms with Gasteiger partial charge in [-0.05, 0) is 24.6 Å². The van der Waals surface area contributed by atoms with Crippen LogP contribution in [0.5, 0.6) is 0 Å². The molecule has 1 aromatic carbocycles. The Morgan fingerprint density at radius 1 is 1.24 bits per heavy atom. The summed E-state index contributed by atoms with van der Waals surface area (Å²) >= 11 is 1.59. The Balaban J connectivity index is 2.12.